The van der Waals surface area contributed by atoms with Gasteiger partial charge >= 0.3 is 5.97 Å². The molecule has 0 spiro atoms. The number of carboxylic acid groups (broad SMARTS) is 1. The number of carbonyl (C=O) groups is 2. The molecule has 17 heavy (non-hydrogen) atoms. The number of likely N-dealkylation sites (N-methyl/N-ethyl adjacent to an activating group) is 1. The fourth-order valence-electron chi connectivity index (χ4n) is 1.66. The van der Waals surface area contributed by atoms with Gasteiger partial charge in [-0.25, -0.2) is 9.78 Å². The van der Waals surface area contributed by atoms with Gasteiger partial charge in [-0.1, -0.05) is 6.92 Å². The molecule has 0 aliphatic heterocycles. The maximum atomic E-state index is 11.3. The van der Waals surface area contributed by atoms with Crippen LogP contribution in [0.2, 0.25) is 0 Å². The Morgan fingerprint density at radius 2 is 2.24 bits per heavy atom. The first-order valence-corrected chi connectivity index (χ1v) is 5.45. The van der Waals surface area contributed by atoms with Crippen LogP contribution in [0.1, 0.15) is 32.0 Å². The molecule has 0 saturated heterocycles. The summed E-state index contributed by atoms with van der Waals surface area (Å²) in [6, 6.07) is -0.985. The number of aliphatic carboxylic acids is 1. The van der Waals surface area contributed by atoms with Crippen molar-refractivity contribution in [1.29, 1.82) is 0 Å². The molecule has 94 valence electrons. The van der Waals surface area contributed by atoms with E-state index in [1.54, 1.807) is 10.9 Å². The summed E-state index contributed by atoms with van der Waals surface area (Å²) in [5, 5.41) is 9.22. The third-order valence-electron chi connectivity index (χ3n) is 2.61. The molecule has 0 bridgehead atoms. The Hall–Kier alpha value is -1.85. The molecule has 6 nitrogen and oxygen atoms in total. The molecule has 1 aromatic heterocycles. The molecule has 6 heteroatoms. The molecular formula is C11H17N3O3. The average Bonchev–Trinajstić information content (AvgIpc) is 2.66. The largest absolute Gasteiger partial charge is 0.479 e. The van der Waals surface area contributed by atoms with Gasteiger partial charge in [-0.3, -0.25) is 4.79 Å². The van der Waals surface area contributed by atoms with Crippen LogP contribution < -0.4 is 0 Å². The van der Waals surface area contributed by atoms with Gasteiger partial charge in [0.15, 0.2) is 6.04 Å². The predicted octanol–water partition coefficient (Wildman–Crippen LogP) is 0.897. The number of nitrogens with zero attached hydrogens (tertiary/aromatic N) is 3. The third-order valence-corrected chi connectivity index (χ3v) is 2.61. The quantitative estimate of drug-likeness (QED) is 0.828. The molecule has 1 aromatic rings. The van der Waals surface area contributed by atoms with Crippen LogP contribution in [0.4, 0.5) is 0 Å². The lowest BCUT2D eigenvalue weighted by Gasteiger charge is -2.24. The summed E-state index contributed by atoms with van der Waals surface area (Å²) in [4.78, 5) is 27.7. The van der Waals surface area contributed by atoms with E-state index in [0.29, 0.717) is 12.2 Å². The van der Waals surface area contributed by atoms with Crippen molar-refractivity contribution in [3.05, 3.63) is 18.2 Å². The third kappa shape index (κ3) is 2.83. The van der Waals surface area contributed by atoms with Crippen LogP contribution in [0.3, 0.4) is 0 Å². The van der Waals surface area contributed by atoms with Crippen LogP contribution in [0.5, 0.6) is 0 Å². The van der Waals surface area contributed by atoms with Gasteiger partial charge in [0.25, 0.3) is 0 Å². The molecule has 1 atom stereocenters. The molecule has 0 fully saturated rings. The van der Waals surface area contributed by atoms with E-state index in [9.17, 15) is 14.7 Å². The van der Waals surface area contributed by atoms with Gasteiger partial charge in [0.2, 0.25) is 5.91 Å². The molecule has 0 saturated carbocycles. The second-order valence-corrected chi connectivity index (χ2v) is 3.88. The fraction of sp³-hybridized carbons (Fsp3) is 0.545. The normalized spacial score (nSPS) is 12.2. The number of carboxylic acids is 1. The Labute approximate surface area is 99.9 Å². The molecular weight excluding hydrogens is 222 g/mol. The lowest BCUT2D eigenvalue weighted by Crippen LogP contribution is -2.35. The van der Waals surface area contributed by atoms with E-state index in [1.807, 2.05) is 6.92 Å². The standard InChI is InChI=1S/C11H17N3O3/c1-4-5-14-7-12-6-9(14)10(11(16)17)13(3)8(2)15/h6-7,10H,4-5H2,1-3H3,(H,16,17). The van der Waals surface area contributed by atoms with Crippen molar-refractivity contribution in [1.82, 2.24) is 14.5 Å². The first-order valence-electron chi connectivity index (χ1n) is 5.45. The summed E-state index contributed by atoms with van der Waals surface area (Å²) in [5.41, 5.74) is 0.525. The van der Waals surface area contributed by atoms with Crippen LogP contribution in [0.25, 0.3) is 0 Å². The summed E-state index contributed by atoms with van der Waals surface area (Å²) < 4.78 is 1.76. The number of imidazole rings is 1. The highest BCUT2D eigenvalue weighted by Gasteiger charge is 2.29. The average molecular weight is 239 g/mol. The van der Waals surface area contributed by atoms with Crippen LogP contribution in [0, 0.1) is 0 Å². The molecule has 0 radical (unpaired) electrons. The van der Waals surface area contributed by atoms with Crippen molar-refractivity contribution >= 4 is 11.9 Å². The SMILES string of the molecule is CCCn1cncc1C(C(=O)O)N(C)C(C)=O. The Balaban J connectivity index is 3.09. The number of carbonyl (C=O) groups excluding carboxylic acids is 1. The van der Waals surface area contributed by atoms with E-state index in [4.69, 9.17) is 0 Å². The Kier molecular flexibility index (Phi) is 4.25. The van der Waals surface area contributed by atoms with Gasteiger partial charge in [-0.05, 0) is 6.42 Å². The van der Waals surface area contributed by atoms with Gasteiger partial charge < -0.3 is 14.6 Å². The van der Waals surface area contributed by atoms with E-state index >= 15 is 0 Å². The van der Waals surface area contributed by atoms with Gasteiger partial charge in [-0.2, -0.15) is 0 Å². The number of rotatable bonds is 5. The highest BCUT2D eigenvalue weighted by Crippen LogP contribution is 2.20. The van der Waals surface area contributed by atoms with Crippen molar-refractivity contribution in [2.75, 3.05) is 7.05 Å². The fourth-order valence-corrected chi connectivity index (χ4v) is 1.66. The van der Waals surface area contributed by atoms with Crippen LogP contribution in [-0.4, -0.2) is 38.5 Å². The lowest BCUT2D eigenvalue weighted by molar-refractivity contribution is -0.148. The Morgan fingerprint density at radius 1 is 1.59 bits per heavy atom. The molecule has 0 aromatic carbocycles. The number of aromatic nitrogens is 2. The van der Waals surface area contributed by atoms with Crippen molar-refractivity contribution in [3.63, 3.8) is 0 Å². The minimum absolute atomic E-state index is 0.290. The first-order chi connectivity index (χ1) is 7.99. The molecule has 1 N–H and O–H groups in total. The van der Waals surface area contributed by atoms with E-state index in [-0.39, 0.29) is 5.91 Å². The van der Waals surface area contributed by atoms with E-state index < -0.39 is 12.0 Å². The summed E-state index contributed by atoms with van der Waals surface area (Å²) in [5.74, 6) is -1.35. The number of aryl methyl sites for hydroxylation is 1. The monoisotopic (exact) mass is 239 g/mol. The minimum Gasteiger partial charge on any atom is -0.479 e. The number of hydrogen-bond donors (Lipinski definition) is 1. The maximum absolute atomic E-state index is 11.3. The minimum atomic E-state index is -1.06. The van der Waals surface area contributed by atoms with Crippen LogP contribution in [0.15, 0.2) is 12.5 Å². The molecule has 1 amide bonds. The van der Waals surface area contributed by atoms with Crippen LogP contribution >= 0.6 is 0 Å². The van der Waals surface area contributed by atoms with Crippen molar-refractivity contribution in [3.8, 4) is 0 Å². The van der Waals surface area contributed by atoms with E-state index in [0.717, 1.165) is 6.42 Å². The Bertz CT molecular complexity index is 414. The predicted molar refractivity (Wildman–Crippen MR) is 61.3 cm³/mol. The number of amides is 1. The summed E-state index contributed by atoms with van der Waals surface area (Å²) in [7, 11) is 1.48. The van der Waals surface area contributed by atoms with Gasteiger partial charge in [-0.15, -0.1) is 0 Å². The first kappa shape index (κ1) is 13.2. The van der Waals surface area contributed by atoms with Crippen LogP contribution in [-0.2, 0) is 16.1 Å². The van der Waals surface area contributed by atoms with E-state index in [2.05, 4.69) is 4.98 Å². The number of hydrogen-bond acceptors (Lipinski definition) is 3. The summed E-state index contributed by atoms with van der Waals surface area (Å²) in [6.07, 6.45) is 3.95. The molecule has 0 aliphatic rings. The summed E-state index contributed by atoms with van der Waals surface area (Å²) >= 11 is 0. The lowest BCUT2D eigenvalue weighted by atomic mass is 10.2. The van der Waals surface area contributed by atoms with Crippen molar-refractivity contribution in [2.45, 2.75) is 32.9 Å². The van der Waals surface area contributed by atoms with Crippen molar-refractivity contribution in [2.24, 2.45) is 0 Å². The summed E-state index contributed by atoms with van der Waals surface area (Å²) in [6.45, 7) is 4.02. The van der Waals surface area contributed by atoms with E-state index in [1.165, 1.54) is 25.1 Å². The molecule has 0 aliphatic carbocycles. The maximum Gasteiger partial charge on any atom is 0.332 e. The zero-order valence-electron chi connectivity index (χ0n) is 10.3. The molecule has 1 heterocycles. The van der Waals surface area contributed by atoms with Gasteiger partial charge in [0.05, 0.1) is 18.2 Å². The van der Waals surface area contributed by atoms with Gasteiger partial charge in [0.1, 0.15) is 0 Å². The van der Waals surface area contributed by atoms with Gasteiger partial charge in [0, 0.05) is 20.5 Å². The zero-order chi connectivity index (χ0) is 13.0. The molecule has 1 rings (SSSR count). The molecule has 1 unspecified atom stereocenters. The topological polar surface area (TPSA) is 75.4 Å². The second kappa shape index (κ2) is 5.47. The smallest absolute Gasteiger partial charge is 0.332 e. The Morgan fingerprint density at radius 3 is 2.71 bits per heavy atom. The highest BCUT2D eigenvalue weighted by atomic mass is 16.4. The highest BCUT2D eigenvalue weighted by molar-refractivity contribution is 5.82. The second-order valence-electron chi connectivity index (χ2n) is 3.88. The van der Waals surface area contributed by atoms with Crippen molar-refractivity contribution < 1.29 is 14.7 Å². The zero-order valence-corrected chi connectivity index (χ0v) is 10.3.